The van der Waals surface area contributed by atoms with E-state index < -0.39 is 0 Å². The molecule has 4 heterocycles. The van der Waals surface area contributed by atoms with E-state index in [1.165, 1.54) is 36.7 Å². The number of benzene rings is 2. The van der Waals surface area contributed by atoms with Crippen LogP contribution in [0.5, 0.6) is 0 Å². The molecule has 0 aliphatic carbocycles. The van der Waals surface area contributed by atoms with E-state index in [9.17, 15) is 0 Å². The average Bonchev–Trinajstić information content (AvgIpc) is 3.46. The predicted octanol–water partition coefficient (Wildman–Crippen LogP) is 9.28. The van der Waals surface area contributed by atoms with E-state index in [4.69, 9.17) is 9.40 Å². The third-order valence-corrected chi connectivity index (χ3v) is 8.65. The Balaban J connectivity index is 1.65. The van der Waals surface area contributed by atoms with Crippen LogP contribution in [0.15, 0.2) is 46.5 Å². The van der Waals surface area contributed by atoms with E-state index in [0.717, 1.165) is 39.2 Å². The second-order valence-corrected chi connectivity index (χ2v) is 12.6. The molecule has 0 fully saturated rings. The van der Waals surface area contributed by atoms with Crippen LogP contribution in [0.3, 0.4) is 0 Å². The third-order valence-electron chi connectivity index (χ3n) is 6.63. The first-order valence-electron chi connectivity index (χ1n) is 11.8. The summed E-state index contributed by atoms with van der Waals surface area (Å²) in [6.07, 6.45) is 2.73. The summed E-state index contributed by atoms with van der Waals surface area (Å²) in [7, 11) is 0. The summed E-state index contributed by atoms with van der Waals surface area (Å²) >= 11 is 3.57. The number of rotatable bonds is 3. The van der Waals surface area contributed by atoms with E-state index in [2.05, 4.69) is 82.2 Å². The van der Waals surface area contributed by atoms with E-state index in [-0.39, 0.29) is 5.41 Å². The zero-order valence-corrected chi connectivity index (χ0v) is 22.1. The van der Waals surface area contributed by atoms with Gasteiger partial charge in [-0.3, -0.25) is 0 Å². The molecule has 6 rings (SSSR count). The zero-order valence-electron chi connectivity index (χ0n) is 20.4. The minimum absolute atomic E-state index is 0.0483. The Hall–Kier alpha value is -2.76. The molecule has 4 aromatic heterocycles. The Kier molecular flexibility index (Phi) is 4.88. The molecular formula is C29H28N2OS2. The highest BCUT2D eigenvalue weighted by Gasteiger charge is 2.22. The molecule has 3 nitrogen and oxygen atoms in total. The van der Waals surface area contributed by atoms with Gasteiger partial charge in [-0.2, -0.15) is 0 Å². The lowest BCUT2D eigenvalue weighted by Crippen LogP contribution is -2.11. The molecule has 6 aromatic rings. The lowest BCUT2D eigenvalue weighted by atomic mass is 9.85. The number of furan rings is 1. The second-order valence-electron chi connectivity index (χ2n) is 10.7. The molecule has 0 radical (unpaired) electrons. The first-order valence-corrected chi connectivity index (χ1v) is 13.5. The number of hydrogen-bond acceptors (Lipinski definition) is 5. The van der Waals surface area contributed by atoms with Gasteiger partial charge in [0.1, 0.15) is 22.5 Å². The highest BCUT2D eigenvalue weighted by Crippen LogP contribution is 2.43. The van der Waals surface area contributed by atoms with Gasteiger partial charge in [0, 0.05) is 36.7 Å². The van der Waals surface area contributed by atoms with Crippen molar-refractivity contribution in [3.8, 4) is 11.3 Å². The van der Waals surface area contributed by atoms with E-state index in [1.807, 2.05) is 11.3 Å². The monoisotopic (exact) mass is 484 g/mol. The maximum Gasteiger partial charge on any atom is 0.135 e. The van der Waals surface area contributed by atoms with Crippen LogP contribution in [0.1, 0.15) is 51.5 Å². The highest BCUT2D eigenvalue weighted by molar-refractivity contribution is 7.25. The minimum atomic E-state index is 0.0483. The molecule has 0 unspecified atom stereocenters. The first-order chi connectivity index (χ1) is 16.2. The van der Waals surface area contributed by atoms with Gasteiger partial charge in [0.2, 0.25) is 0 Å². The molecule has 34 heavy (non-hydrogen) atoms. The van der Waals surface area contributed by atoms with Crippen molar-refractivity contribution in [2.24, 2.45) is 5.92 Å². The molecule has 0 bridgehead atoms. The van der Waals surface area contributed by atoms with E-state index in [0.29, 0.717) is 5.92 Å². The highest BCUT2D eigenvalue weighted by atomic mass is 32.1. The van der Waals surface area contributed by atoms with E-state index >= 15 is 0 Å². The summed E-state index contributed by atoms with van der Waals surface area (Å²) < 4.78 is 8.85. The molecule has 0 aliphatic rings. The van der Waals surface area contributed by atoms with Crippen molar-refractivity contribution in [2.45, 2.75) is 53.4 Å². The molecule has 0 saturated heterocycles. The standard InChI is InChI=1S/C29H28N2OS2/c1-15(2)9-19-16(3)32-23-12-21-24(13-20(19)23)34-28-25(21)26(30-14-31-28)18-10-17-7-8-33-27(17)22(11-18)29(4,5)6/h7-8,10-15H,9H2,1-6H3. The summed E-state index contributed by atoms with van der Waals surface area (Å²) in [5, 5.41) is 6.99. The number of fused-ring (bicyclic) bond motifs is 5. The topological polar surface area (TPSA) is 38.9 Å². The van der Waals surface area contributed by atoms with Crippen LogP contribution in [0.4, 0.5) is 0 Å². The summed E-state index contributed by atoms with van der Waals surface area (Å²) in [6, 6.07) is 11.3. The van der Waals surface area contributed by atoms with Crippen molar-refractivity contribution in [3.63, 3.8) is 0 Å². The maximum absolute atomic E-state index is 6.25. The lowest BCUT2D eigenvalue weighted by Gasteiger charge is -2.21. The van der Waals surface area contributed by atoms with Gasteiger partial charge in [0.05, 0.1) is 5.69 Å². The quantitative estimate of drug-likeness (QED) is 0.251. The molecule has 0 saturated carbocycles. The smallest absolute Gasteiger partial charge is 0.135 e. The van der Waals surface area contributed by atoms with Gasteiger partial charge in [-0.05, 0) is 71.3 Å². The molecular weight excluding hydrogens is 456 g/mol. The van der Waals surface area contributed by atoms with Gasteiger partial charge in [-0.15, -0.1) is 22.7 Å². The average molecular weight is 485 g/mol. The Bertz CT molecular complexity index is 1710. The van der Waals surface area contributed by atoms with Crippen molar-refractivity contribution in [2.75, 3.05) is 0 Å². The van der Waals surface area contributed by atoms with Crippen LogP contribution in [-0.4, -0.2) is 9.97 Å². The Morgan fingerprint density at radius 3 is 2.62 bits per heavy atom. The molecule has 0 N–H and O–H groups in total. The fraction of sp³-hybridized carbons (Fsp3) is 0.310. The van der Waals surface area contributed by atoms with Gasteiger partial charge in [0.15, 0.2) is 0 Å². The molecule has 5 heteroatoms. The molecule has 0 spiro atoms. The SMILES string of the molecule is Cc1oc2cc3c(cc2c1CC(C)C)sc1ncnc(-c2cc(C(C)(C)C)c4sccc4c2)c13. The van der Waals surface area contributed by atoms with Crippen LogP contribution in [0.2, 0.25) is 0 Å². The van der Waals surface area contributed by atoms with Crippen molar-refractivity contribution in [1.29, 1.82) is 0 Å². The van der Waals surface area contributed by atoms with Crippen LogP contribution >= 0.6 is 22.7 Å². The van der Waals surface area contributed by atoms with Gasteiger partial charge in [-0.25, -0.2) is 9.97 Å². The number of aryl methyl sites for hydroxylation is 1. The molecule has 0 atom stereocenters. The summed E-state index contributed by atoms with van der Waals surface area (Å²) in [4.78, 5) is 10.5. The Labute approximate surface area is 207 Å². The Morgan fingerprint density at radius 1 is 1.03 bits per heavy atom. The number of nitrogens with zero attached hydrogens (tertiary/aromatic N) is 2. The fourth-order valence-electron chi connectivity index (χ4n) is 5.03. The third kappa shape index (κ3) is 3.37. The molecule has 0 amide bonds. The van der Waals surface area contributed by atoms with Gasteiger partial charge >= 0.3 is 0 Å². The van der Waals surface area contributed by atoms with Crippen LogP contribution < -0.4 is 0 Å². The van der Waals surface area contributed by atoms with Gasteiger partial charge < -0.3 is 4.42 Å². The predicted molar refractivity (Wildman–Crippen MR) is 147 cm³/mol. The van der Waals surface area contributed by atoms with Crippen molar-refractivity contribution >= 4 is 64.0 Å². The van der Waals surface area contributed by atoms with Gasteiger partial charge in [0.25, 0.3) is 0 Å². The number of hydrogen-bond donors (Lipinski definition) is 0. The summed E-state index contributed by atoms with van der Waals surface area (Å²) in [6.45, 7) is 13.5. The second kappa shape index (κ2) is 7.62. The number of aromatic nitrogens is 2. The minimum Gasteiger partial charge on any atom is -0.461 e. The Morgan fingerprint density at radius 2 is 1.85 bits per heavy atom. The molecule has 172 valence electrons. The van der Waals surface area contributed by atoms with Crippen molar-refractivity contribution in [3.05, 3.63) is 58.9 Å². The lowest BCUT2D eigenvalue weighted by molar-refractivity contribution is 0.560. The molecule has 0 aliphatic heterocycles. The van der Waals surface area contributed by atoms with Crippen molar-refractivity contribution in [1.82, 2.24) is 9.97 Å². The summed E-state index contributed by atoms with van der Waals surface area (Å²) in [5.74, 6) is 1.61. The van der Waals surface area contributed by atoms with Gasteiger partial charge in [-0.1, -0.05) is 34.6 Å². The summed E-state index contributed by atoms with van der Waals surface area (Å²) in [5.41, 5.74) is 5.85. The van der Waals surface area contributed by atoms with Crippen LogP contribution in [0, 0.1) is 12.8 Å². The molecule has 2 aromatic carbocycles. The van der Waals surface area contributed by atoms with Crippen LogP contribution in [-0.2, 0) is 11.8 Å². The van der Waals surface area contributed by atoms with Crippen LogP contribution in [0.25, 0.3) is 52.6 Å². The number of thiophene rings is 2. The van der Waals surface area contributed by atoms with E-state index in [1.54, 1.807) is 17.7 Å². The fourth-order valence-corrected chi connectivity index (χ4v) is 7.20. The maximum atomic E-state index is 6.25. The normalized spacial score (nSPS) is 12.8. The van der Waals surface area contributed by atoms with Crippen molar-refractivity contribution < 1.29 is 4.42 Å². The largest absolute Gasteiger partial charge is 0.461 e. The zero-order chi connectivity index (χ0) is 23.8. The first kappa shape index (κ1) is 21.8.